The summed E-state index contributed by atoms with van der Waals surface area (Å²) in [5, 5.41) is 14.7. The van der Waals surface area contributed by atoms with Gasteiger partial charge in [-0.25, -0.2) is 9.59 Å². The third kappa shape index (κ3) is 3.13. The molecule has 1 aliphatic heterocycles. The minimum absolute atomic E-state index is 0.0141. The van der Waals surface area contributed by atoms with E-state index in [0.717, 1.165) is 0 Å². The average molecular weight is 292 g/mol. The molecule has 0 amide bonds. The van der Waals surface area contributed by atoms with Gasteiger partial charge < -0.3 is 14.6 Å². The monoisotopic (exact) mass is 292 g/mol. The number of esters is 1. The van der Waals surface area contributed by atoms with Crippen molar-refractivity contribution >= 4 is 23.3 Å². The summed E-state index contributed by atoms with van der Waals surface area (Å²) < 4.78 is 9.92. The Morgan fingerprint density at radius 2 is 2.05 bits per heavy atom. The number of hydrogen-bond acceptors (Lipinski definition) is 6. The lowest BCUT2D eigenvalue weighted by molar-refractivity contribution is -0.138. The normalized spacial score (nSPS) is 17.3. The number of aliphatic carboxylic acids is 1. The molecule has 0 fully saturated rings. The van der Waals surface area contributed by atoms with E-state index in [0.29, 0.717) is 11.4 Å². The summed E-state index contributed by atoms with van der Waals surface area (Å²) in [5.74, 6) is -0.979. The standard InChI is InChI=1S/C14H16N2O5/c1-3-21-14(19)11-8-12(13(17)18)16(15-11)9-4-6-10(20-2)7-5-9/h4-7,12H,3,8H2,1-2H3,(H,17,18)/t12-/m1/s1. The molecule has 1 aromatic rings. The predicted molar refractivity (Wildman–Crippen MR) is 75.6 cm³/mol. The van der Waals surface area contributed by atoms with Gasteiger partial charge in [0.05, 0.1) is 19.4 Å². The number of nitrogens with zero attached hydrogens (tertiary/aromatic N) is 2. The van der Waals surface area contributed by atoms with Crippen LogP contribution in [0, 0.1) is 0 Å². The molecule has 112 valence electrons. The zero-order chi connectivity index (χ0) is 15.4. The summed E-state index contributed by atoms with van der Waals surface area (Å²) in [6.07, 6.45) is 0.0141. The van der Waals surface area contributed by atoms with Crippen LogP contribution < -0.4 is 9.75 Å². The Kier molecular flexibility index (Phi) is 4.42. The van der Waals surface area contributed by atoms with Crippen molar-refractivity contribution in [3.63, 3.8) is 0 Å². The van der Waals surface area contributed by atoms with Crippen molar-refractivity contribution in [2.24, 2.45) is 5.10 Å². The zero-order valence-electron chi connectivity index (χ0n) is 11.8. The lowest BCUT2D eigenvalue weighted by Gasteiger charge is -2.20. The molecule has 0 bridgehead atoms. The number of methoxy groups -OCH3 is 1. The highest BCUT2D eigenvalue weighted by Crippen LogP contribution is 2.27. The van der Waals surface area contributed by atoms with Crippen LogP contribution in [0.15, 0.2) is 29.4 Å². The largest absolute Gasteiger partial charge is 0.497 e. The van der Waals surface area contributed by atoms with Crippen LogP contribution in [0.1, 0.15) is 13.3 Å². The summed E-state index contributed by atoms with van der Waals surface area (Å²) in [5.41, 5.74) is 0.683. The van der Waals surface area contributed by atoms with E-state index in [1.54, 1.807) is 38.3 Å². The molecule has 1 aliphatic rings. The van der Waals surface area contributed by atoms with Crippen LogP contribution in [-0.2, 0) is 14.3 Å². The predicted octanol–water partition coefficient (Wildman–Crippen LogP) is 1.28. The fourth-order valence-corrected chi connectivity index (χ4v) is 2.01. The van der Waals surface area contributed by atoms with Crippen molar-refractivity contribution in [3.8, 4) is 5.75 Å². The van der Waals surface area contributed by atoms with E-state index in [2.05, 4.69) is 5.10 Å². The number of benzene rings is 1. The second-order valence-electron chi connectivity index (χ2n) is 4.37. The van der Waals surface area contributed by atoms with Gasteiger partial charge in [-0.3, -0.25) is 5.01 Å². The summed E-state index contributed by atoms with van der Waals surface area (Å²) in [4.78, 5) is 23.0. The number of carbonyl (C=O) groups is 2. The topological polar surface area (TPSA) is 88.4 Å². The first-order chi connectivity index (χ1) is 10.1. The second-order valence-corrected chi connectivity index (χ2v) is 4.37. The molecule has 0 aromatic heterocycles. The molecule has 1 atom stereocenters. The number of ether oxygens (including phenoxy) is 2. The van der Waals surface area contributed by atoms with Crippen molar-refractivity contribution in [1.82, 2.24) is 0 Å². The summed E-state index contributed by atoms with van der Waals surface area (Å²) in [6.45, 7) is 1.90. The first-order valence-corrected chi connectivity index (χ1v) is 6.47. The molecule has 7 nitrogen and oxygen atoms in total. The van der Waals surface area contributed by atoms with E-state index >= 15 is 0 Å². The summed E-state index contributed by atoms with van der Waals surface area (Å²) >= 11 is 0. The SMILES string of the molecule is CCOC(=O)C1=NN(c2ccc(OC)cc2)[C@@H](C(=O)O)C1. The van der Waals surface area contributed by atoms with Gasteiger partial charge in [0.1, 0.15) is 11.5 Å². The Labute approximate surface area is 121 Å². The third-order valence-electron chi connectivity index (χ3n) is 3.04. The highest BCUT2D eigenvalue weighted by atomic mass is 16.5. The zero-order valence-corrected chi connectivity index (χ0v) is 11.8. The van der Waals surface area contributed by atoms with Crippen LogP contribution in [0.5, 0.6) is 5.75 Å². The Bertz CT molecular complexity index is 567. The van der Waals surface area contributed by atoms with Crippen molar-refractivity contribution in [1.29, 1.82) is 0 Å². The van der Waals surface area contributed by atoms with E-state index in [1.165, 1.54) is 5.01 Å². The fourth-order valence-electron chi connectivity index (χ4n) is 2.01. The Morgan fingerprint density at radius 1 is 1.38 bits per heavy atom. The van der Waals surface area contributed by atoms with Crippen molar-refractivity contribution in [2.45, 2.75) is 19.4 Å². The maximum absolute atomic E-state index is 11.7. The van der Waals surface area contributed by atoms with Crippen LogP contribution in [0.4, 0.5) is 5.69 Å². The van der Waals surface area contributed by atoms with Crippen LogP contribution >= 0.6 is 0 Å². The van der Waals surface area contributed by atoms with Gasteiger partial charge in [-0.2, -0.15) is 5.10 Å². The molecule has 0 aliphatic carbocycles. The van der Waals surface area contributed by atoms with Crippen molar-refractivity contribution < 1.29 is 24.2 Å². The van der Waals surface area contributed by atoms with Gasteiger partial charge in [-0.15, -0.1) is 0 Å². The minimum atomic E-state index is -1.05. The molecule has 1 aromatic carbocycles. The molecule has 1 heterocycles. The van der Waals surface area contributed by atoms with E-state index < -0.39 is 18.0 Å². The van der Waals surface area contributed by atoms with Gasteiger partial charge >= 0.3 is 11.9 Å². The van der Waals surface area contributed by atoms with Gasteiger partial charge in [0.25, 0.3) is 0 Å². The van der Waals surface area contributed by atoms with Crippen LogP contribution in [0.3, 0.4) is 0 Å². The Morgan fingerprint density at radius 3 is 2.57 bits per heavy atom. The molecule has 21 heavy (non-hydrogen) atoms. The van der Waals surface area contributed by atoms with E-state index in [1.807, 2.05) is 0 Å². The van der Waals surface area contributed by atoms with Gasteiger partial charge in [0.2, 0.25) is 0 Å². The Hall–Kier alpha value is -2.57. The average Bonchev–Trinajstić information content (AvgIpc) is 2.93. The molecular formula is C14H16N2O5. The number of hydrazone groups is 1. The molecule has 0 unspecified atom stereocenters. The van der Waals surface area contributed by atoms with Gasteiger partial charge in [-0.05, 0) is 31.2 Å². The third-order valence-corrected chi connectivity index (χ3v) is 3.04. The molecule has 7 heteroatoms. The first kappa shape index (κ1) is 14.8. The number of carboxylic acids is 1. The molecule has 0 saturated heterocycles. The minimum Gasteiger partial charge on any atom is -0.497 e. The van der Waals surface area contributed by atoms with Crippen molar-refractivity contribution in [2.75, 3.05) is 18.7 Å². The van der Waals surface area contributed by atoms with E-state index in [-0.39, 0.29) is 18.7 Å². The summed E-state index contributed by atoms with van der Waals surface area (Å²) in [6, 6.07) is 5.86. The van der Waals surface area contributed by atoms with Crippen LogP contribution in [-0.4, -0.2) is 42.5 Å². The molecular weight excluding hydrogens is 276 g/mol. The Balaban J connectivity index is 2.28. The maximum atomic E-state index is 11.7. The van der Waals surface area contributed by atoms with Crippen LogP contribution in [0.2, 0.25) is 0 Å². The molecule has 1 N–H and O–H groups in total. The fraction of sp³-hybridized carbons (Fsp3) is 0.357. The smallest absolute Gasteiger partial charge is 0.354 e. The quantitative estimate of drug-likeness (QED) is 0.822. The lowest BCUT2D eigenvalue weighted by Crippen LogP contribution is -2.34. The molecule has 0 spiro atoms. The van der Waals surface area contributed by atoms with Crippen LogP contribution in [0.25, 0.3) is 0 Å². The second kappa shape index (κ2) is 6.25. The highest BCUT2D eigenvalue weighted by Gasteiger charge is 2.36. The molecule has 0 radical (unpaired) electrons. The number of anilines is 1. The number of hydrogen-bond donors (Lipinski definition) is 1. The lowest BCUT2D eigenvalue weighted by atomic mass is 10.1. The van der Waals surface area contributed by atoms with Gasteiger partial charge in [0.15, 0.2) is 6.04 Å². The van der Waals surface area contributed by atoms with Gasteiger partial charge in [-0.1, -0.05) is 0 Å². The first-order valence-electron chi connectivity index (χ1n) is 6.47. The van der Waals surface area contributed by atoms with Crippen molar-refractivity contribution in [3.05, 3.63) is 24.3 Å². The van der Waals surface area contributed by atoms with E-state index in [9.17, 15) is 14.7 Å². The highest BCUT2D eigenvalue weighted by molar-refractivity contribution is 6.38. The number of rotatable bonds is 5. The molecule has 2 rings (SSSR count). The van der Waals surface area contributed by atoms with E-state index in [4.69, 9.17) is 9.47 Å². The van der Waals surface area contributed by atoms with Gasteiger partial charge in [0, 0.05) is 6.42 Å². The number of carboxylic acid groups (broad SMARTS) is 1. The maximum Gasteiger partial charge on any atom is 0.354 e. The molecule has 0 saturated carbocycles. The number of carbonyl (C=O) groups excluding carboxylic acids is 1. The summed E-state index contributed by atoms with van der Waals surface area (Å²) in [7, 11) is 1.54.